The van der Waals surface area contributed by atoms with Gasteiger partial charge in [0.2, 0.25) is 10.0 Å². The third kappa shape index (κ3) is 6.01. The molecule has 2 aromatic heterocycles. The highest BCUT2D eigenvalue weighted by Gasteiger charge is 2.37. The maximum Gasteiger partial charge on any atom is 0.506 e. The molecule has 4 heterocycles. The van der Waals surface area contributed by atoms with Crippen molar-refractivity contribution in [2.75, 3.05) is 35.5 Å². The molecule has 2 N–H and O–H groups in total. The summed E-state index contributed by atoms with van der Waals surface area (Å²) in [5, 5.41) is 23.5. The molecule has 0 aliphatic carbocycles. The summed E-state index contributed by atoms with van der Waals surface area (Å²) in [4.78, 5) is 33.2. The third-order valence-electron chi connectivity index (χ3n) is 7.22. The fourth-order valence-electron chi connectivity index (χ4n) is 5.44. The second-order valence-electron chi connectivity index (χ2n) is 10.3. The molecule has 13 nitrogen and oxygen atoms in total. The molecule has 216 valence electrons. The number of hydrogen-bond donors (Lipinski definition) is 2. The van der Waals surface area contributed by atoms with Crippen LogP contribution in [0.5, 0.6) is 0 Å². The van der Waals surface area contributed by atoms with Gasteiger partial charge in [-0.1, -0.05) is 11.6 Å². The molecule has 5 rings (SSSR count). The van der Waals surface area contributed by atoms with Gasteiger partial charge >= 0.3 is 6.16 Å². The van der Waals surface area contributed by atoms with E-state index in [4.69, 9.17) is 31.5 Å². The number of aromatic nitrogens is 3. The SMILES string of the molecule is Cc1cn2nc([C@@H]3CCCCN3C(=O)c3cc(Cl)ccc3NS(C)(=O)=O)cc2nc1N1C[C@@H](C#N)[C@@H](OC(=O)O)C1. The second-order valence-corrected chi connectivity index (χ2v) is 12.4. The van der Waals surface area contributed by atoms with Crippen LogP contribution in [0.3, 0.4) is 0 Å². The first kappa shape index (κ1) is 28.4. The standard InChI is InChI=1S/C26H28ClN7O6S/c1-15-12-34-23(29-24(15)32-13-16(11-28)22(14-32)40-26(36)37)10-20(30-34)21-5-3-4-8-33(21)25(35)18-9-17(27)6-7-19(18)31-41(2,38)39/h6-7,9-10,12,16,21-22,31H,3-5,8,13-14H2,1-2H3,(H,36,37)/t16-,21+,22+/m1/s1. The molecule has 2 saturated heterocycles. The average Bonchev–Trinajstić information content (AvgIpc) is 3.51. The number of nitrogens with zero attached hydrogens (tertiary/aromatic N) is 6. The Hall–Kier alpha value is -4.09. The van der Waals surface area contributed by atoms with Gasteiger partial charge in [-0.3, -0.25) is 9.52 Å². The lowest BCUT2D eigenvalue weighted by Crippen LogP contribution is -2.39. The Morgan fingerprint density at radius 3 is 2.73 bits per heavy atom. The summed E-state index contributed by atoms with van der Waals surface area (Å²) in [5.41, 5.74) is 2.22. The molecule has 0 unspecified atom stereocenters. The van der Waals surface area contributed by atoms with Gasteiger partial charge in [0.15, 0.2) is 5.65 Å². The Balaban J connectivity index is 1.46. The van der Waals surface area contributed by atoms with E-state index in [0.717, 1.165) is 24.7 Å². The van der Waals surface area contributed by atoms with E-state index < -0.39 is 28.2 Å². The van der Waals surface area contributed by atoms with Crippen LogP contribution in [-0.4, -0.2) is 77.1 Å². The summed E-state index contributed by atoms with van der Waals surface area (Å²) in [6.07, 6.45) is 2.91. The van der Waals surface area contributed by atoms with Crippen molar-refractivity contribution in [3.63, 3.8) is 0 Å². The molecule has 3 atom stereocenters. The van der Waals surface area contributed by atoms with E-state index in [-0.39, 0.29) is 36.3 Å². The maximum absolute atomic E-state index is 13.8. The van der Waals surface area contributed by atoms with Crippen LogP contribution in [-0.2, 0) is 14.8 Å². The molecule has 0 bridgehead atoms. The predicted molar refractivity (Wildman–Crippen MR) is 149 cm³/mol. The first-order valence-corrected chi connectivity index (χ1v) is 15.2. The minimum atomic E-state index is -3.64. The molecule has 1 amide bonds. The van der Waals surface area contributed by atoms with Crippen molar-refractivity contribution in [2.45, 2.75) is 38.3 Å². The normalized spacial score (nSPS) is 21.1. The van der Waals surface area contributed by atoms with E-state index in [2.05, 4.69) is 10.8 Å². The molecular formula is C26H28ClN7O6S. The van der Waals surface area contributed by atoms with Gasteiger partial charge in [-0.2, -0.15) is 10.4 Å². The number of amides is 1. The number of fused-ring (bicyclic) bond motifs is 1. The fraction of sp³-hybridized carbons (Fsp3) is 0.423. The number of hydrogen-bond acceptors (Lipinski definition) is 9. The Morgan fingerprint density at radius 1 is 1.24 bits per heavy atom. The molecule has 2 aliphatic rings. The van der Waals surface area contributed by atoms with Gasteiger partial charge in [-0.05, 0) is 44.4 Å². The van der Waals surface area contributed by atoms with Crippen LogP contribution in [0, 0.1) is 24.2 Å². The zero-order valence-electron chi connectivity index (χ0n) is 22.3. The van der Waals surface area contributed by atoms with Crippen molar-refractivity contribution in [1.29, 1.82) is 5.26 Å². The highest BCUT2D eigenvalue weighted by Crippen LogP contribution is 2.35. The summed E-state index contributed by atoms with van der Waals surface area (Å²) in [6, 6.07) is 7.97. The van der Waals surface area contributed by atoms with Crippen LogP contribution in [0.15, 0.2) is 30.5 Å². The summed E-state index contributed by atoms with van der Waals surface area (Å²) >= 11 is 6.18. The number of benzene rings is 1. The van der Waals surface area contributed by atoms with Gasteiger partial charge < -0.3 is 19.6 Å². The van der Waals surface area contributed by atoms with Crippen molar-refractivity contribution < 1.29 is 27.9 Å². The van der Waals surface area contributed by atoms with E-state index in [1.165, 1.54) is 18.2 Å². The van der Waals surface area contributed by atoms with E-state index in [1.54, 1.807) is 21.7 Å². The number of nitriles is 1. The van der Waals surface area contributed by atoms with E-state index in [9.17, 15) is 23.3 Å². The molecule has 3 aromatic rings. The number of halogens is 1. The zero-order chi connectivity index (χ0) is 29.5. The molecule has 41 heavy (non-hydrogen) atoms. The van der Waals surface area contributed by atoms with Gasteiger partial charge in [-0.15, -0.1) is 0 Å². The molecule has 0 radical (unpaired) electrons. The largest absolute Gasteiger partial charge is 0.506 e. The lowest BCUT2D eigenvalue weighted by molar-refractivity contribution is 0.0506. The molecule has 2 fully saturated rings. The van der Waals surface area contributed by atoms with Crippen molar-refractivity contribution in [3.05, 3.63) is 52.3 Å². The minimum Gasteiger partial charge on any atom is -0.450 e. The number of piperidine rings is 1. The van der Waals surface area contributed by atoms with Crippen LogP contribution in [0.4, 0.5) is 16.3 Å². The topological polar surface area (TPSA) is 170 Å². The average molecular weight is 602 g/mol. The summed E-state index contributed by atoms with van der Waals surface area (Å²) in [5.74, 6) is -0.402. The lowest BCUT2D eigenvalue weighted by Gasteiger charge is -2.35. The van der Waals surface area contributed by atoms with Crippen molar-refractivity contribution >= 4 is 50.8 Å². The maximum atomic E-state index is 13.8. The van der Waals surface area contributed by atoms with Crippen LogP contribution in [0.1, 0.15) is 46.9 Å². The van der Waals surface area contributed by atoms with Gasteiger partial charge in [0.25, 0.3) is 5.91 Å². The number of sulfonamides is 1. The summed E-state index contributed by atoms with van der Waals surface area (Å²) in [6.45, 7) is 2.77. The fourth-order valence-corrected chi connectivity index (χ4v) is 6.19. The highest BCUT2D eigenvalue weighted by atomic mass is 35.5. The van der Waals surface area contributed by atoms with E-state index in [1.807, 2.05) is 11.8 Å². The predicted octanol–water partition coefficient (Wildman–Crippen LogP) is 3.45. The van der Waals surface area contributed by atoms with Gasteiger partial charge in [0, 0.05) is 35.9 Å². The highest BCUT2D eigenvalue weighted by molar-refractivity contribution is 7.92. The smallest absolute Gasteiger partial charge is 0.450 e. The molecule has 2 aliphatic heterocycles. The Bertz CT molecular complexity index is 1670. The summed E-state index contributed by atoms with van der Waals surface area (Å²) in [7, 11) is -3.64. The van der Waals surface area contributed by atoms with Gasteiger partial charge in [-0.25, -0.2) is 22.7 Å². The molecule has 0 spiro atoms. The first-order chi connectivity index (χ1) is 19.4. The van der Waals surface area contributed by atoms with Crippen LogP contribution in [0.25, 0.3) is 5.65 Å². The number of aryl methyl sites for hydroxylation is 1. The zero-order valence-corrected chi connectivity index (χ0v) is 23.9. The Labute approximate surface area is 241 Å². The number of carbonyl (C=O) groups is 2. The molecule has 15 heteroatoms. The van der Waals surface area contributed by atoms with Gasteiger partial charge in [0.05, 0.1) is 41.9 Å². The molecule has 0 saturated carbocycles. The number of nitrogens with one attached hydrogen (secondary N) is 1. The number of ether oxygens (including phenoxy) is 1. The lowest BCUT2D eigenvalue weighted by atomic mass is 9.98. The monoisotopic (exact) mass is 601 g/mol. The number of rotatable bonds is 6. The number of anilines is 2. The minimum absolute atomic E-state index is 0.147. The Kier molecular flexibility index (Phi) is 7.67. The molecule has 1 aromatic carbocycles. The van der Waals surface area contributed by atoms with E-state index in [0.29, 0.717) is 35.1 Å². The number of likely N-dealkylation sites (tertiary alicyclic amines) is 1. The molecular weight excluding hydrogens is 574 g/mol. The van der Waals surface area contributed by atoms with Crippen LogP contribution in [0.2, 0.25) is 5.02 Å². The van der Waals surface area contributed by atoms with Crippen molar-refractivity contribution in [1.82, 2.24) is 19.5 Å². The second kappa shape index (κ2) is 11.1. The van der Waals surface area contributed by atoms with Crippen molar-refractivity contribution in [2.24, 2.45) is 5.92 Å². The van der Waals surface area contributed by atoms with Crippen molar-refractivity contribution in [3.8, 4) is 6.07 Å². The number of carboxylic acid groups (broad SMARTS) is 1. The van der Waals surface area contributed by atoms with E-state index >= 15 is 0 Å². The van der Waals surface area contributed by atoms with Crippen LogP contribution < -0.4 is 9.62 Å². The van der Waals surface area contributed by atoms with Gasteiger partial charge in [0.1, 0.15) is 17.8 Å². The third-order valence-corrected chi connectivity index (χ3v) is 8.05. The quantitative estimate of drug-likeness (QED) is 0.399. The number of carbonyl (C=O) groups excluding carboxylic acids is 1. The van der Waals surface area contributed by atoms with Crippen LogP contribution >= 0.6 is 11.6 Å². The summed E-state index contributed by atoms with van der Waals surface area (Å²) < 4.78 is 32.8. The first-order valence-electron chi connectivity index (χ1n) is 12.9. The Morgan fingerprint density at radius 2 is 2.02 bits per heavy atom.